The van der Waals surface area contributed by atoms with Crippen LogP contribution >= 0.6 is 0 Å². The first-order chi connectivity index (χ1) is 6.61. The molecule has 0 heterocycles. The quantitative estimate of drug-likeness (QED) is 0.573. The molecule has 14 heavy (non-hydrogen) atoms. The molecule has 0 radical (unpaired) electrons. The van der Waals surface area contributed by atoms with Gasteiger partial charge in [-0.25, -0.2) is 0 Å². The SMILES string of the molecule is CCCCCC(OC(F)F)C(C)OC. The minimum Gasteiger partial charge on any atom is -0.379 e. The summed E-state index contributed by atoms with van der Waals surface area (Å²) in [4.78, 5) is 0. The highest BCUT2D eigenvalue weighted by Crippen LogP contribution is 2.15. The summed E-state index contributed by atoms with van der Waals surface area (Å²) in [5.74, 6) is 0. The van der Waals surface area contributed by atoms with Gasteiger partial charge in [-0.2, -0.15) is 8.78 Å². The molecule has 4 heteroatoms. The third kappa shape index (κ3) is 6.27. The van der Waals surface area contributed by atoms with Crippen LogP contribution in [0.1, 0.15) is 39.5 Å². The Morgan fingerprint density at radius 1 is 1.21 bits per heavy atom. The number of hydrogen-bond donors (Lipinski definition) is 0. The minimum atomic E-state index is -2.71. The van der Waals surface area contributed by atoms with Crippen LogP contribution in [0.3, 0.4) is 0 Å². The van der Waals surface area contributed by atoms with Gasteiger partial charge in [0.05, 0.1) is 12.2 Å². The molecule has 2 unspecified atom stereocenters. The molecule has 0 aromatic heterocycles. The first kappa shape index (κ1) is 13.8. The van der Waals surface area contributed by atoms with Crippen LogP contribution in [-0.4, -0.2) is 25.9 Å². The van der Waals surface area contributed by atoms with Crippen molar-refractivity contribution >= 4 is 0 Å². The van der Waals surface area contributed by atoms with Gasteiger partial charge in [-0.05, 0) is 13.3 Å². The maximum atomic E-state index is 12.0. The molecule has 0 saturated heterocycles. The van der Waals surface area contributed by atoms with Crippen molar-refractivity contribution in [2.75, 3.05) is 7.11 Å². The summed E-state index contributed by atoms with van der Waals surface area (Å²) in [7, 11) is 1.51. The van der Waals surface area contributed by atoms with Crippen molar-refractivity contribution in [3.05, 3.63) is 0 Å². The molecule has 2 atom stereocenters. The van der Waals surface area contributed by atoms with Gasteiger partial charge >= 0.3 is 6.61 Å². The fourth-order valence-corrected chi connectivity index (χ4v) is 1.29. The van der Waals surface area contributed by atoms with E-state index in [4.69, 9.17) is 4.74 Å². The van der Waals surface area contributed by atoms with E-state index in [-0.39, 0.29) is 6.10 Å². The van der Waals surface area contributed by atoms with Gasteiger partial charge in [-0.3, -0.25) is 0 Å². The fourth-order valence-electron chi connectivity index (χ4n) is 1.29. The lowest BCUT2D eigenvalue weighted by atomic mass is 10.1. The molecule has 0 aliphatic rings. The molecule has 0 fully saturated rings. The average molecular weight is 210 g/mol. The van der Waals surface area contributed by atoms with Gasteiger partial charge in [0.15, 0.2) is 0 Å². The normalized spacial score (nSPS) is 15.9. The van der Waals surface area contributed by atoms with Gasteiger partial charge in [-0.15, -0.1) is 0 Å². The van der Waals surface area contributed by atoms with Gasteiger partial charge in [0, 0.05) is 7.11 Å². The Kier molecular flexibility index (Phi) is 7.99. The zero-order chi connectivity index (χ0) is 11.0. The standard InChI is InChI=1S/C10H20F2O2/c1-4-5-6-7-9(8(2)13-3)14-10(11)12/h8-10H,4-7H2,1-3H3. The summed E-state index contributed by atoms with van der Waals surface area (Å²) in [6, 6.07) is 0. The number of halogens is 2. The topological polar surface area (TPSA) is 18.5 Å². The molecule has 0 amide bonds. The van der Waals surface area contributed by atoms with Crippen molar-refractivity contribution < 1.29 is 18.3 Å². The maximum Gasteiger partial charge on any atom is 0.345 e. The highest BCUT2D eigenvalue weighted by Gasteiger charge is 2.20. The van der Waals surface area contributed by atoms with Crippen molar-refractivity contribution in [1.29, 1.82) is 0 Å². The Balaban J connectivity index is 3.84. The number of unbranched alkanes of at least 4 members (excludes halogenated alkanes) is 2. The maximum absolute atomic E-state index is 12.0. The van der Waals surface area contributed by atoms with Crippen LogP contribution in [0.4, 0.5) is 8.78 Å². The second-order valence-electron chi connectivity index (χ2n) is 3.37. The number of alkyl halides is 2. The zero-order valence-electron chi connectivity index (χ0n) is 9.13. The molecular weight excluding hydrogens is 190 g/mol. The van der Waals surface area contributed by atoms with Crippen LogP contribution in [-0.2, 0) is 9.47 Å². The van der Waals surface area contributed by atoms with E-state index in [1.54, 1.807) is 6.92 Å². The van der Waals surface area contributed by atoms with E-state index in [2.05, 4.69) is 11.7 Å². The van der Waals surface area contributed by atoms with E-state index < -0.39 is 12.7 Å². The number of hydrogen-bond acceptors (Lipinski definition) is 2. The largest absolute Gasteiger partial charge is 0.379 e. The Hall–Kier alpha value is -0.220. The van der Waals surface area contributed by atoms with Gasteiger partial charge in [0.2, 0.25) is 0 Å². The minimum absolute atomic E-state index is 0.277. The molecule has 0 aliphatic carbocycles. The average Bonchev–Trinajstić information content (AvgIpc) is 2.15. The lowest BCUT2D eigenvalue weighted by molar-refractivity contribution is -0.190. The van der Waals surface area contributed by atoms with Crippen LogP contribution in [0.5, 0.6) is 0 Å². The molecule has 0 aliphatic heterocycles. The van der Waals surface area contributed by atoms with Crippen LogP contribution in [0.25, 0.3) is 0 Å². The lowest BCUT2D eigenvalue weighted by Gasteiger charge is -2.22. The van der Waals surface area contributed by atoms with E-state index in [1.807, 2.05) is 0 Å². The third-order valence-corrected chi connectivity index (χ3v) is 2.27. The van der Waals surface area contributed by atoms with Gasteiger partial charge in [0.25, 0.3) is 0 Å². The molecule has 2 nitrogen and oxygen atoms in total. The zero-order valence-corrected chi connectivity index (χ0v) is 9.13. The first-order valence-electron chi connectivity index (χ1n) is 5.08. The Morgan fingerprint density at radius 3 is 2.29 bits per heavy atom. The van der Waals surface area contributed by atoms with Crippen molar-refractivity contribution in [2.45, 2.75) is 58.4 Å². The van der Waals surface area contributed by atoms with Crippen LogP contribution in [0, 0.1) is 0 Å². The van der Waals surface area contributed by atoms with Crippen molar-refractivity contribution in [1.82, 2.24) is 0 Å². The summed E-state index contributed by atoms with van der Waals surface area (Å²) in [6.07, 6.45) is 2.88. The van der Waals surface area contributed by atoms with E-state index in [0.717, 1.165) is 19.3 Å². The summed E-state index contributed by atoms with van der Waals surface area (Å²) in [5.41, 5.74) is 0. The van der Waals surface area contributed by atoms with Crippen LogP contribution < -0.4 is 0 Å². The lowest BCUT2D eigenvalue weighted by Crippen LogP contribution is -2.30. The molecule has 0 aromatic carbocycles. The monoisotopic (exact) mass is 210 g/mol. The molecule has 86 valence electrons. The molecular formula is C10H20F2O2. The summed E-state index contributed by atoms with van der Waals surface area (Å²) in [5, 5.41) is 0. The van der Waals surface area contributed by atoms with E-state index in [9.17, 15) is 8.78 Å². The molecule has 0 spiro atoms. The fraction of sp³-hybridized carbons (Fsp3) is 1.00. The Morgan fingerprint density at radius 2 is 1.86 bits per heavy atom. The summed E-state index contributed by atoms with van der Waals surface area (Å²) in [6.45, 7) is 1.11. The first-order valence-corrected chi connectivity index (χ1v) is 5.08. The number of rotatable bonds is 8. The summed E-state index contributed by atoms with van der Waals surface area (Å²) >= 11 is 0. The Bertz CT molecular complexity index is 131. The highest BCUT2D eigenvalue weighted by molar-refractivity contribution is 4.66. The van der Waals surface area contributed by atoms with Gasteiger partial charge < -0.3 is 9.47 Å². The second kappa shape index (κ2) is 8.12. The third-order valence-electron chi connectivity index (χ3n) is 2.27. The van der Waals surface area contributed by atoms with Gasteiger partial charge in [-0.1, -0.05) is 26.2 Å². The van der Waals surface area contributed by atoms with E-state index in [1.165, 1.54) is 7.11 Å². The predicted molar refractivity (Wildman–Crippen MR) is 51.5 cm³/mol. The van der Waals surface area contributed by atoms with Crippen LogP contribution in [0.15, 0.2) is 0 Å². The van der Waals surface area contributed by atoms with Crippen LogP contribution in [0.2, 0.25) is 0 Å². The van der Waals surface area contributed by atoms with E-state index >= 15 is 0 Å². The van der Waals surface area contributed by atoms with Crippen molar-refractivity contribution in [3.63, 3.8) is 0 Å². The van der Waals surface area contributed by atoms with Crippen molar-refractivity contribution in [3.8, 4) is 0 Å². The molecule has 0 bridgehead atoms. The Labute approximate surface area is 84.6 Å². The summed E-state index contributed by atoms with van der Waals surface area (Å²) < 4.78 is 33.5. The highest BCUT2D eigenvalue weighted by atomic mass is 19.3. The van der Waals surface area contributed by atoms with Gasteiger partial charge in [0.1, 0.15) is 0 Å². The molecule has 0 aromatic rings. The molecule has 0 saturated carbocycles. The number of ether oxygens (including phenoxy) is 2. The number of methoxy groups -OCH3 is 1. The smallest absolute Gasteiger partial charge is 0.345 e. The second-order valence-corrected chi connectivity index (χ2v) is 3.37. The predicted octanol–water partition coefficient (Wildman–Crippen LogP) is 3.21. The van der Waals surface area contributed by atoms with Crippen molar-refractivity contribution in [2.24, 2.45) is 0 Å². The van der Waals surface area contributed by atoms with E-state index in [0.29, 0.717) is 6.42 Å². The molecule has 0 rings (SSSR count). The molecule has 0 N–H and O–H groups in total.